The summed E-state index contributed by atoms with van der Waals surface area (Å²) in [5.74, 6) is 0. The molecule has 2 heteroatoms. The lowest BCUT2D eigenvalue weighted by Crippen LogP contribution is -2.11. The van der Waals surface area contributed by atoms with Crippen LogP contribution in [0, 0.1) is 0 Å². The Bertz CT molecular complexity index is 4020. The molecule has 13 rings (SSSR count). The predicted octanol–water partition coefficient (Wildman–Crippen LogP) is 18.4. The SMILES string of the molecule is c1cc(-c2ccc(N(c3cccc(-c4cccc5ccccc45)c3)c3ccccc3-c3ccc(-n4c5ccccc5c5c6ccccc6ccc54)cc3)cc2)cc(-c2cccc3ccccc23)c1. The second-order valence-electron chi connectivity index (χ2n) is 17.7. The normalized spacial score (nSPS) is 11.5. The van der Waals surface area contributed by atoms with E-state index in [2.05, 4.69) is 276 Å². The van der Waals surface area contributed by atoms with E-state index in [1.54, 1.807) is 0 Å². The molecule has 318 valence electrons. The molecule has 68 heavy (non-hydrogen) atoms. The van der Waals surface area contributed by atoms with Crippen LogP contribution in [0.4, 0.5) is 17.1 Å². The van der Waals surface area contributed by atoms with E-state index in [1.165, 1.54) is 87.5 Å². The van der Waals surface area contributed by atoms with Crippen LogP contribution < -0.4 is 4.90 Å². The first-order valence-corrected chi connectivity index (χ1v) is 23.4. The van der Waals surface area contributed by atoms with Crippen molar-refractivity contribution in [2.75, 3.05) is 4.90 Å². The zero-order valence-corrected chi connectivity index (χ0v) is 37.3. The number of fused-ring (bicyclic) bond motifs is 7. The van der Waals surface area contributed by atoms with Gasteiger partial charge < -0.3 is 9.47 Å². The monoisotopic (exact) mass is 864 g/mol. The van der Waals surface area contributed by atoms with Crippen molar-refractivity contribution >= 4 is 71.2 Å². The molecule has 0 radical (unpaired) electrons. The molecular weight excluding hydrogens is 821 g/mol. The quantitative estimate of drug-likeness (QED) is 0.148. The Kier molecular flexibility index (Phi) is 9.54. The number of aromatic nitrogens is 1. The number of hydrogen-bond donors (Lipinski definition) is 0. The van der Waals surface area contributed by atoms with Crippen molar-refractivity contribution in [1.29, 1.82) is 0 Å². The van der Waals surface area contributed by atoms with Crippen molar-refractivity contribution in [2.24, 2.45) is 0 Å². The third-order valence-corrected chi connectivity index (χ3v) is 13.8. The summed E-state index contributed by atoms with van der Waals surface area (Å²) in [5, 5.41) is 10.1. The van der Waals surface area contributed by atoms with Crippen LogP contribution in [-0.4, -0.2) is 4.57 Å². The van der Waals surface area contributed by atoms with E-state index in [4.69, 9.17) is 0 Å². The summed E-state index contributed by atoms with van der Waals surface area (Å²) >= 11 is 0. The third-order valence-electron chi connectivity index (χ3n) is 13.8. The van der Waals surface area contributed by atoms with Crippen molar-refractivity contribution in [3.05, 3.63) is 267 Å². The topological polar surface area (TPSA) is 8.17 Å². The van der Waals surface area contributed by atoms with E-state index >= 15 is 0 Å². The Balaban J connectivity index is 0.928. The first-order valence-electron chi connectivity index (χ1n) is 23.4. The standard InChI is InChI=1S/C66H44N2/c1-4-24-56-46(15-1)18-13-29-58(56)51-21-11-20-50(43-51)45-33-38-53(39-34-45)67(55-23-12-22-52(44-55)59-30-14-19-47-16-2-5-25-57(47)59)63-31-9-7-26-60(63)49-35-40-54(41-36-49)68-64-32-10-8-28-62(64)66-61-27-6-3-17-48(61)37-42-65(66)68/h1-44H. The molecule has 0 atom stereocenters. The fraction of sp³-hybridized carbons (Fsp3) is 0. The van der Waals surface area contributed by atoms with Crippen molar-refractivity contribution in [3.8, 4) is 50.2 Å². The Hall–Kier alpha value is -8.98. The second-order valence-corrected chi connectivity index (χ2v) is 17.7. The van der Waals surface area contributed by atoms with Crippen molar-refractivity contribution in [2.45, 2.75) is 0 Å². The Labute approximate surface area is 395 Å². The highest BCUT2D eigenvalue weighted by Crippen LogP contribution is 2.44. The van der Waals surface area contributed by atoms with Crippen LogP contribution in [0.5, 0.6) is 0 Å². The zero-order chi connectivity index (χ0) is 45.0. The minimum Gasteiger partial charge on any atom is -0.310 e. The Morgan fingerprint density at radius 3 is 1.50 bits per heavy atom. The average Bonchev–Trinajstić information content (AvgIpc) is 3.76. The van der Waals surface area contributed by atoms with Crippen LogP contribution in [0.25, 0.3) is 104 Å². The molecule has 0 aliphatic carbocycles. The van der Waals surface area contributed by atoms with Crippen LogP contribution in [0.3, 0.4) is 0 Å². The van der Waals surface area contributed by atoms with Gasteiger partial charge in [0.1, 0.15) is 0 Å². The summed E-state index contributed by atoms with van der Waals surface area (Å²) in [6.45, 7) is 0. The molecule has 1 aromatic heterocycles. The van der Waals surface area contributed by atoms with Gasteiger partial charge in [-0.1, -0.05) is 206 Å². The Morgan fingerprint density at radius 1 is 0.265 bits per heavy atom. The lowest BCUT2D eigenvalue weighted by atomic mass is 9.95. The van der Waals surface area contributed by atoms with Crippen molar-refractivity contribution < 1.29 is 0 Å². The van der Waals surface area contributed by atoms with Gasteiger partial charge in [-0.05, 0) is 132 Å². The molecule has 0 aliphatic rings. The van der Waals surface area contributed by atoms with Gasteiger partial charge in [-0.15, -0.1) is 0 Å². The minimum atomic E-state index is 1.08. The molecule has 0 aliphatic heterocycles. The van der Waals surface area contributed by atoms with Gasteiger partial charge in [0, 0.05) is 33.4 Å². The van der Waals surface area contributed by atoms with Gasteiger partial charge in [-0.3, -0.25) is 0 Å². The van der Waals surface area contributed by atoms with Gasteiger partial charge in [0.25, 0.3) is 0 Å². The molecule has 0 amide bonds. The van der Waals surface area contributed by atoms with Crippen molar-refractivity contribution in [1.82, 2.24) is 4.57 Å². The zero-order valence-electron chi connectivity index (χ0n) is 37.3. The molecule has 0 fully saturated rings. The summed E-state index contributed by atoms with van der Waals surface area (Å²) in [6, 6.07) is 97.5. The van der Waals surface area contributed by atoms with Gasteiger partial charge >= 0.3 is 0 Å². The van der Waals surface area contributed by atoms with E-state index in [0.717, 1.165) is 33.9 Å². The smallest absolute Gasteiger partial charge is 0.0547 e. The molecule has 0 unspecified atom stereocenters. The molecule has 1 heterocycles. The summed E-state index contributed by atoms with van der Waals surface area (Å²) in [4.78, 5) is 2.42. The van der Waals surface area contributed by atoms with Crippen molar-refractivity contribution in [3.63, 3.8) is 0 Å². The van der Waals surface area contributed by atoms with E-state index in [0.29, 0.717) is 0 Å². The second kappa shape index (κ2) is 16.5. The maximum absolute atomic E-state index is 2.42. The first kappa shape index (κ1) is 39.4. The van der Waals surface area contributed by atoms with E-state index in [9.17, 15) is 0 Å². The number of anilines is 3. The summed E-state index contributed by atoms with van der Waals surface area (Å²) in [5.41, 5.74) is 16.3. The molecule has 0 saturated carbocycles. The maximum atomic E-state index is 2.42. The highest BCUT2D eigenvalue weighted by molar-refractivity contribution is 6.21. The molecule has 12 aromatic carbocycles. The number of hydrogen-bond acceptors (Lipinski definition) is 1. The highest BCUT2D eigenvalue weighted by atomic mass is 15.1. The molecule has 0 spiro atoms. The minimum absolute atomic E-state index is 1.08. The average molecular weight is 865 g/mol. The maximum Gasteiger partial charge on any atom is 0.0547 e. The number of para-hydroxylation sites is 2. The molecule has 0 saturated heterocycles. The van der Waals surface area contributed by atoms with Crippen LogP contribution in [0.1, 0.15) is 0 Å². The first-order chi connectivity index (χ1) is 33.7. The number of rotatable bonds is 8. The van der Waals surface area contributed by atoms with Crippen LogP contribution in [0.2, 0.25) is 0 Å². The fourth-order valence-electron chi connectivity index (χ4n) is 10.6. The number of nitrogens with zero attached hydrogens (tertiary/aromatic N) is 2. The van der Waals surface area contributed by atoms with Gasteiger partial charge in [0.15, 0.2) is 0 Å². The van der Waals surface area contributed by atoms with Crippen LogP contribution in [0.15, 0.2) is 267 Å². The summed E-state index contributed by atoms with van der Waals surface area (Å²) in [7, 11) is 0. The highest BCUT2D eigenvalue weighted by Gasteiger charge is 2.20. The van der Waals surface area contributed by atoms with Gasteiger partial charge in [-0.25, -0.2) is 0 Å². The molecule has 2 nitrogen and oxygen atoms in total. The van der Waals surface area contributed by atoms with Gasteiger partial charge in [0.2, 0.25) is 0 Å². The third kappa shape index (κ3) is 6.73. The molecule has 13 aromatic rings. The molecule has 0 bridgehead atoms. The molecular formula is C66H44N2. The number of benzene rings is 12. The predicted molar refractivity (Wildman–Crippen MR) is 290 cm³/mol. The lowest BCUT2D eigenvalue weighted by Gasteiger charge is -2.28. The van der Waals surface area contributed by atoms with Crippen LogP contribution in [-0.2, 0) is 0 Å². The van der Waals surface area contributed by atoms with E-state index in [1.807, 2.05) is 0 Å². The van der Waals surface area contributed by atoms with Gasteiger partial charge in [0.05, 0.1) is 16.7 Å². The lowest BCUT2D eigenvalue weighted by molar-refractivity contribution is 1.18. The molecule has 0 N–H and O–H groups in total. The Morgan fingerprint density at radius 2 is 0.779 bits per heavy atom. The largest absolute Gasteiger partial charge is 0.310 e. The van der Waals surface area contributed by atoms with E-state index < -0.39 is 0 Å². The fourth-order valence-corrected chi connectivity index (χ4v) is 10.6. The van der Waals surface area contributed by atoms with Crippen LogP contribution >= 0.6 is 0 Å². The summed E-state index contributed by atoms with van der Waals surface area (Å²) in [6.07, 6.45) is 0. The summed E-state index contributed by atoms with van der Waals surface area (Å²) < 4.78 is 2.41. The van der Waals surface area contributed by atoms with Gasteiger partial charge in [-0.2, -0.15) is 0 Å². The van der Waals surface area contributed by atoms with E-state index in [-0.39, 0.29) is 0 Å².